The molecule has 1 saturated carbocycles. The minimum atomic E-state index is 0.491. The lowest BCUT2D eigenvalue weighted by Gasteiger charge is -2.23. The van der Waals surface area contributed by atoms with Gasteiger partial charge in [-0.15, -0.1) is 0 Å². The first-order valence-electron chi connectivity index (χ1n) is 5.42. The van der Waals surface area contributed by atoms with Crippen molar-refractivity contribution >= 4 is 0 Å². The van der Waals surface area contributed by atoms with E-state index in [0.717, 1.165) is 18.9 Å². The maximum absolute atomic E-state index is 5.62. The Kier molecular flexibility index (Phi) is 2.89. The summed E-state index contributed by atoms with van der Waals surface area (Å²) in [7, 11) is 2.05. The van der Waals surface area contributed by atoms with Gasteiger partial charge in [0.05, 0.1) is 12.6 Å². The van der Waals surface area contributed by atoms with Crippen LogP contribution >= 0.6 is 0 Å². The summed E-state index contributed by atoms with van der Waals surface area (Å²) in [5, 5.41) is 3.39. The molecule has 2 nitrogen and oxygen atoms in total. The smallest absolute Gasteiger partial charge is 0.109 e. The van der Waals surface area contributed by atoms with Crippen LogP contribution in [0.25, 0.3) is 0 Å². The van der Waals surface area contributed by atoms with E-state index >= 15 is 0 Å². The molecule has 0 spiro atoms. The third-order valence-electron chi connectivity index (χ3n) is 3.22. The van der Waals surface area contributed by atoms with Crippen molar-refractivity contribution in [1.82, 2.24) is 5.32 Å². The lowest BCUT2D eigenvalue weighted by Crippen LogP contribution is -2.34. The van der Waals surface area contributed by atoms with E-state index in [1.165, 1.54) is 31.4 Å². The molecule has 2 aliphatic rings. The minimum absolute atomic E-state index is 0.491. The first kappa shape index (κ1) is 9.07. The Hall–Kier alpha value is -0.500. The molecule has 1 unspecified atom stereocenters. The van der Waals surface area contributed by atoms with E-state index in [4.69, 9.17) is 4.74 Å². The van der Waals surface area contributed by atoms with Crippen LogP contribution in [0.4, 0.5) is 0 Å². The van der Waals surface area contributed by atoms with Crippen LogP contribution in [-0.4, -0.2) is 19.7 Å². The van der Waals surface area contributed by atoms with Gasteiger partial charge in [-0.1, -0.05) is 12.8 Å². The lowest BCUT2D eigenvalue weighted by molar-refractivity contribution is 0.196. The van der Waals surface area contributed by atoms with E-state index in [2.05, 4.69) is 11.4 Å². The van der Waals surface area contributed by atoms with Gasteiger partial charge in [-0.2, -0.15) is 0 Å². The van der Waals surface area contributed by atoms with Crippen LogP contribution in [0.15, 0.2) is 11.8 Å². The first-order chi connectivity index (χ1) is 6.42. The van der Waals surface area contributed by atoms with E-state index in [0.29, 0.717) is 6.04 Å². The summed E-state index contributed by atoms with van der Waals surface area (Å²) in [6, 6.07) is 0.491. The standard InChI is InChI=1S/C11H19NO/c1-12-11(9-5-2-3-6-9)10-7-4-8-13-10/h7,9,11-12H,2-6,8H2,1H3. The van der Waals surface area contributed by atoms with Crippen molar-refractivity contribution in [2.24, 2.45) is 5.92 Å². The Morgan fingerprint density at radius 2 is 2.23 bits per heavy atom. The SMILES string of the molecule is CNC(C1=CCCO1)C1CCCC1. The molecular formula is C11H19NO. The second-order valence-corrected chi connectivity index (χ2v) is 4.05. The van der Waals surface area contributed by atoms with Gasteiger partial charge in [-0.05, 0) is 31.9 Å². The van der Waals surface area contributed by atoms with Crippen LogP contribution in [0.5, 0.6) is 0 Å². The van der Waals surface area contributed by atoms with Gasteiger partial charge >= 0.3 is 0 Å². The molecule has 1 aliphatic carbocycles. The summed E-state index contributed by atoms with van der Waals surface area (Å²) in [5.74, 6) is 2.02. The quantitative estimate of drug-likeness (QED) is 0.719. The highest BCUT2D eigenvalue weighted by molar-refractivity contribution is 5.09. The van der Waals surface area contributed by atoms with Crippen molar-refractivity contribution in [3.63, 3.8) is 0 Å². The number of likely N-dealkylation sites (N-methyl/N-ethyl adjacent to an activating group) is 1. The molecule has 0 aromatic rings. The molecule has 2 rings (SSSR count). The average molecular weight is 181 g/mol. The van der Waals surface area contributed by atoms with Gasteiger partial charge in [0.2, 0.25) is 0 Å². The van der Waals surface area contributed by atoms with E-state index in [-0.39, 0.29) is 0 Å². The fraction of sp³-hybridized carbons (Fsp3) is 0.818. The fourth-order valence-corrected chi connectivity index (χ4v) is 2.55. The predicted molar refractivity (Wildman–Crippen MR) is 53.5 cm³/mol. The number of ether oxygens (including phenoxy) is 1. The molecule has 1 N–H and O–H groups in total. The van der Waals surface area contributed by atoms with Crippen LogP contribution in [0.3, 0.4) is 0 Å². The molecule has 0 aromatic carbocycles. The largest absolute Gasteiger partial charge is 0.496 e. The van der Waals surface area contributed by atoms with E-state index in [1.54, 1.807) is 0 Å². The highest BCUT2D eigenvalue weighted by Crippen LogP contribution is 2.32. The monoisotopic (exact) mass is 181 g/mol. The van der Waals surface area contributed by atoms with Crippen molar-refractivity contribution in [1.29, 1.82) is 0 Å². The summed E-state index contributed by atoms with van der Waals surface area (Å²) >= 11 is 0. The highest BCUT2D eigenvalue weighted by atomic mass is 16.5. The zero-order chi connectivity index (χ0) is 9.10. The Morgan fingerprint density at radius 3 is 2.77 bits per heavy atom. The van der Waals surface area contributed by atoms with Crippen LogP contribution in [0.2, 0.25) is 0 Å². The molecule has 2 heteroatoms. The van der Waals surface area contributed by atoms with Crippen molar-refractivity contribution in [2.45, 2.75) is 38.1 Å². The highest BCUT2D eigenvalue weighted by Gasteiger charge is 2.28. The van der Waals surface area contributed by atoms with Gasteiger partial charge in [0.1, 0.15) is 5.76 Å². The van der Waals surface area contributed by atoms with Gasteiger partial charge in [0.25, 0.3) is 0 Å². The van der Waals surface area contributed by atoms with E-state index in [9.17, 15) is 0 Å². The van der Waals surface area contributed by atoms with Crippen molar-refractivity contribution in [3.05, 3.63) is 11.8 Å². The molecule has 1 aliphatic heterocycles. The predicted octanol–water partition coefficient (Wildman–Crippen LogP) is 2.07. The Labute approximate surface area is 80.4 Å². The van der Waals surface area contributed by atoms with Crippen LogP contribution in [0, 0.1) is 5.92 Å². The molecule has 0 bridgehead atoms. The molecule has 0 amide bonds. The normalized spacial score (nSPS) is 25.8. The molecule has 74 valence electrons. The van der Waals surface area contributed by atoms with Crippen molar-refractivity contribution in [3.8, 4) is 0 Å². The topological polar surface area (TPSA) is 21.3 Å². The summed E-state index contributed by atoms with van der Waals surface area (Å²) in [4.78, 5) is 0. The molecular weight excluding hydrogens is 162 g/mol. The Balaban J connectivity index is 1.98. The summed E-state index contributed by atoms with van der Waals surface area (Å²) < 4.78 is 5.62. The zero-order valence-electron chi connectivity index (χ0n) is 8.38. The van der Waals surface area contributed by atoms with E-state index in [1.807, 2.05) is 7.05 Å². The van der Waals surface area contributed by atoms with Crippen molar-refractivity contribution in [2.75, 3.05) is 13.7 Å². The number of nitrogens with one attached hydrogen (secondary N) is 1. The van der Waals surface area contributed by atoms with Crippen LogP contribution in [-0.2, 0) is 4.74 Å². The molecule has 13 heavy (non-hydrogen) atoms. The van der Waals surface area contributed by atoms with Crippen LogP contribution < -0.4 is 5.32 Å². The fourth-order valence-electron chi connectivity index (χ4n) is 2.55. The average Bonchev–Trinajstić information content (AvgIpc) is 2.76. The summed E-state index contributed by atoms with van der Waals surface area (Å²) in [5.41, 5.74) is 0. The summed E-state index contributed by atoms with van der Waals surface area (Å²) in [6.07, 6.45) is 8.88. The van der Waals surface area contributed by atoms with Crippen LogP contribution in [0.1, 0.15) is 32.1 Å². The van der Waals surface area contributed by atoms with Gasteiger partial charge in [0.15, 0.2) is 0 Å². The lowest BCUT2D eigenvalue weighted by atomic mass is 9.96. The van der Waals surface area contributed by atoms with Gasteiger partial charge in [0, 0.05) is 6.42 Å². The number of hydrogen-bond donors (Lipinski definition) is 1. The van der Waals surface area contributed by atoms with E-state index < -0.39 is 0 Å². The molecule has 0 radical (unpaired) electrons. The second kappa shape index (κ2) is 4.14. The number of rotatable bonds is 3. The third-order valence-corrected chi connectivity index (χ3v) is 3.22. The maximum atomic E-state index is 5.62. The van der Waals surface area contributed by atoms with Gasteiger partial charge < -0.3 is 10.1 Å². The molecule has 0 saturated heterocycles. The molecule has 0 aromatic heterocycles. The zero-order valence-corrected chi connectivity index (χ0v) is 8.38. The molecule has 1 heterocycles. The van der Waals surface area contributed by atoms with Crippen molar-refractivity contribution < 1.29 is 4.74 Å². The minimum Gasteiger partial charge on any atom is -0.496 e. The van der Waals surface area contributed by atoms with Gasteiger partial charge in [-0.3, -0.25) is 0 Å². The third kappa shape index (κ3) is 1.88. The first-order valence-corrected chi connectivity index (χ1v) is 5.42. The maximum Gasteiger partial charge on any atom is 0.109 e. The summed E-state index contributed by atoms with van der Waals surface area (Å²) in [6.45, 7) is 0.889. The molecule has 1 fully saturated rings. The second-order valence-electron chi connectivity index (χ2n) is 4.05. The van der Waals surface area contributed by atoms with Gasteiger partial charge in [-0.25, -0.2) is 0 Å². The Morgan fingerprint density at radius 1 is 1.46 bits per heavy atom. The molecule has 1 atom stereocenters. The Bertz CT molecular complexity index is 194. The number of hydrogen-bond acceptors (Lipinski definition) is 2.